The number of hydrogen-bond acceptors (Lipinski definition) is 1. The first kappa shape index (κ1) is 35.7. The third-order valence-corrected chi connectivity index (χ3v) is 11.3. The molecule has 0 bridgehead atoms. The van der Waals surface area contributed by atoms with Gasteiger partial charge in [0.25, 0.3) is 0 Å². The zero-order valence-electron chi connectivity index (χ0n) is 32.6. The lowest BCUT2D eigenvalue weighted by Crippen LogP contribution is -2.10. The molecule has 59 heavy (non-hydrogen) atoms. The molecule has 278 valence electrons. The molecule has 0 aliphatic heterocycles. The summed E-state index contributed by atoms with van der Waals surface area (Å²) < 4.78 is 0. The van der Waals surface area contributed by atoms with Crippen molar-refractivity contribution in [3.63, 3.8) is 0 Å². The van der Waals surface area contributed by atoms with Crippen LogP contribution in [-0.2, 0) is 0 Å². The summed E-state index contributed by atoms with van der Waals surface area (Å²) in [5.41, 5.74) is 17.7. The molecule has 10 aromatic rings. The Kier molecular flexibility index (Phi) is 9.68. The molecule has 0 saturated carbocycles. The zero-order valence-corrected chi connectivity index (χ0v) is 32.6. The SMILES string of the molecule is c1ccc(-c2ccc(-c3ccc(N(c4ccc(-c5cc(-c6ccccc6)cc6ccccc56)cc4)c4ccc(-c5ccccc5)c(-c5ccccc5)c4)cc3)cc2)cc1. The van der Waals surface area contributed by atoms with Gasteiger partial charge in [0.15, 0.2) is 0 Å². The van der Waals surface area contributed by atoms with Crippen molar-refractivity contribution in [2.45, 2.75) is 0 Å². The Hall–Kier alpha value is -7.74. The molecule has 0 saturated heterocycles. The molecule has 1 heteroatoms. The quantitative estimate of drug-likeness (QED) is 0.142. The minimum absolute atomic E-state index is 1.09. The fraction of sp³-hybridized carbons (Fsp3) is 0. The van der Waals surface area contributed by atoms with Crippen molar-refractivity contribution in [1.29, 1.82) is 0 Å². The minimum atomic E-state index is 1.09. The van der Waals surface area contributed by atoms with Gasteiger partial charge in [0.1, 0.15) is 0 Å². The van der Waals surface area contributed by atoms with E-state index >= 15 is 0 Å². The highest BCUT2D eigenvalue weighted by Gasteiger charge is 2.18. The highest BCUT2D eigenvalue weighted by molar-refractivity contribution is 6.00. The molecule has 10 aromatic carbocycles. The van der Waals surface area contributed by atoms with Crippen LogP contribution in [0.3, 0.4) is 0 Å². The summed E-state index contributed by atoms with van der Waals surface area (Å²) >= 11 is 0. The highest BCUT2D eigenvalue weighted by atomic mass is 15.1. The summed E-state index contributed by atoms with van der Waals surface area (Å²) in [6.45, 7) is 0. The number of rotatable bonds is 9. The predicted molar refractivity (Wildman–Crippen MR) is 251 cm³/mol. The molecule has 0 spiro atoms. The van der Waals surface area contributed by atoms with Gasteiger partial charge in [-0.3, -0.25) is 0 Å². The van der Waals surface area contributed by atoms with Gasteiger partial charge in [-0.25, -0.2) is 0 Å². The Morgan fingerprint density at radius 3 is 1.12 bits per heavy atom. The van der Waals surface area contributed by atoms with E-state index < -0.39 is 0 Å². The number of anilines is 3. The van der Waals surface area contributed by atoms with Crippen LogP contribution in [0.5, 0.6) is 0 Å². The van der Waals surface area contributed by atoms with E-state index in [9.17, 15) is 0 Å². The van der Waals surface area contributed by atoms with Crippen LogP contribution in [-0.4, -0.2) is 0 Å². The first-order chi connectivity index (χ1) is 29.2. The zero-order chi connectivity index (χ0) is 39.4. The Bertz CT molecular complexity index is 2970. The van der Waals surface area contributed by atoms with Gasteiger partial charge in [0.05, 0.1) is 0 Å². The van der Waals surface area contributed by atoms with Crippen LogP contribution in [0.25, 0.3) is 77.5 Å². The van der Waals surface area contributed by atoms with Gasteiger partial charge in [-0.2, -0.15) is 0 Å². The molecule has 1 nitrogen and oxygen atoms in total. The maximum atomic E-state index is 2.38. The van der Waals surface area contributed by atoms with Gasteiger partial charge in [0, 0.05) is 17.1 Å². The normalized spacial score (nSPS) is 11.1. The third kappa shape index (κ3) is 7.34. The smallest absolute Gasteiger partial charge is 0.0468 e. The highest BCUT2D eigenvalue weighted by Crippen LogP contribution is 2.42. The van der Waals surface area contributed by atoms with E-state index in [0.29, 0.717) is 0 Å². The van der Waals surface area contributed by atoms with E-state index in [0.717, 1.165) is 17.1 Å². The van der Waals surface area contributed by atoms with Gasteiger partial charge in [-0.1, -0.05) is 200 Å². The van der Waals surface area contributed by atoms with Gasteiger partial charge in [0.2, 0.25) is 0 Å². The van der Waals surface area contributed by atoms with E-state index in [4.69, 9.17) is 0 Å². The van der Waals surface area contributed by atoms with Gasteiger partial charge < -0.3 is 4.90 Å². The molecule has 0 aliphatic carbocycles. The lowest BCUT2D eigenvalue weighted by atomic mass is 9.92. The van der Waals surface area contributed by atoms with Crippen molar-refractivity contribution in [2.75, 3.05) is 4.90 Å². The van der Waals surface area contributed by atoms with Crippen LogP contribution in [0.1, 0.15) is 0 Å². The van der Waals surface area contributed by atoms with Crippen LogP contribution < -0.4 is 4.90 Å². The van der Waals surface area contributed by atoms with Crippen molar-refractivity contribution in [1.82, 2.24) is 0 Å². The topological polar surface area (TPSA) is 3.24 Å². The second kappa shape index (κ2) is 16.0. The van der Waals surface area contributed by atoms with Crippen LogP contribution in [0, 0.1) is 0 Å². The average molecular weight is 752 g/mol. The standard InChI is InChI=1S/C58H41N/c1-5-15-42(16-6-1)44-25-27-45(28-26-44)46-29-33-52(34-30-46)59(54-37-38-56(47-19-9-3-10-20-47)58(41-54)48-21-11-4-12-22-48)53-35-31-49(32-36-53)57-40-51(43-17-7-2-8-18-43)39-50-23-13-14-24-55(50)57/h1-41H. The molecule has 10 rings (SSSR count). The monoisotopic (exact) mass is 751 g/mol. The van der Waals surface area contributed by atoms with Crippen LogP contribution >= 0.6 is 0 Å². The second-order valence-electron chi connectivity index (χ2n) is 14.9. The van der Waals surface area contributed by atoms with Crippen molar-refractivity contribution >= 4 is 27.8 Å². The van der Waals surface area contributed by atoms with E-state index in [-0.39, 0.29) is 0 Å². The predicted octanol–water partition coefficient (Wildman–Crippen LogP) is 16.3. The summed E-state index contributed by atoms with van der Waals surface area (Å²) in [5.74, 6) is 0. The van der Waals surface area contributed by atoms with Crippen molar-refractivity contribution in [2.24, 2.45) is 0 Å². The first-order valence-electron chi connectivity index (χ1n) is 20.2. The van der Waals surface area contributed by atoms with Gasteiger partial charge >= 0.3 is 0 Å². The summed E-state index contributed by atoms with van der Waals surface area (Å²) in [5, 5.41) is 2.48. The number of hydrogen-bond donors (Lipinski definition) is 0. The summed E-state index contributed by atoms with van der Waals surface area (Å²) in [6.07, 6.45) is 0. The molecule has 0 atom stereocenters. The summed E-state index contributed by atoms with van der Waals surface area (Å²) in [7, 11) is 0. The van der Waals surface area contributed by atoms with E-state index in [1.807, 2.05) is 0 Å². The maximum Gasteiger partial charge on any atom is 0.0468 e. The Balaban J connectivity index is 1.08. The fourth-order valence-electron chi connectivity index (χ4n) is 8.27. The molecule has 0 amide bonds. The lowest BCUT2D eigenvalue weighted by Gasteiger charge is -2.27. The molecule has 0 fully saturated rings. The summed E-state index contributed by atoms with van der Waals surface area (Å²) in [4.78, 5) is 2.38. The Morgan fingerprint density at radius 1 is 0.203 bits per heavy atom. The number of fused-ring (bicyclic) bond motifs is 1. The lowest BCUT2D eigenvalue weighted by molar-refractivity contribution is 1.28. The Labute approximate surface area is 346 Å². The van der Waals surface area contributed by atoms with E-state index in [1.165, 1.54) is 77.5 Å². The average Bonchev–Trinajstić information content (AvgIpc) is 3.33. The van der Waals surface area contributed by atoms with Crippen LogP contribution in [0.15, 0.2) is 249 Å². The molecule has 0 aromatic heterocycles. The van der Waals surface area contributed by atoms with Crippen molar-refractivity contribution < 1.29 is 0 Å². The van der Waals surface area contributed by atoms with Crippen molar-refractivity contribution in [3.05, 3.63) is 249 Å². The number of benzene rings is 10. The molecular weight excluding hydrogens is 711 g/mol. The van der Waals surface area contributed by atoms with E-state index in [2.05, 4.69) is 254 Å². The first-order valence-corrected chi connectivity index (χ1v) is 20.2. The molecule has 0 radical (unpaired) electrons. The van der Waals surface area contributed by atoms with E-state index in [1.54, 1.807) is 0 Å². The largest absolute Gasteiger partial charge is 0.310 e. The molecule has 0 N–H and O–H groups in total. The van der Waals surface area contributed by atoms with Crippen LogP contribution in [0.2, 0.25) is 0 Å². The van der Waals surface area contributed by atoms with Gasteiger partial charge in [-0.05, 0) is 126 Å². The Morgan fingerprint density at radius 2 is 0.576 bits per heavy atom. The van der Waals surface area contributed by atoms with Gasteiger partial charge in [-0.15, -0.1) is 0 Å². The third-order valence-electron chi connectivity index (χ3n) is 11.3. The maximum absolute atomic E-state index is 2.38. The molecular formula is C58H41N. The molecule has 0 unspecified atom stereocenters. The van der Waals surface area contributed by atoms with Crippen LogP contribution in [0.4, 0.5) is 17.1 Å². The molecule has 0 aliphatic rings. The summed E-state index contributed by atoms with van der Waals surface area (Å²) in [6, 6.07) is 89.8. The van der Waals surface area contributed by atoms with Crippen molar-refractivity contribution in [3.8, 4) is 66.8 Å². The second-order valence-corrected chi connectivity index (χ2v) is 14.9. The number of nitrogens with zero attached hydrogens (tertiary/aromatic N) is 1. The minimum Gasteiger partial charge on any atom is -0.310 e. The molecule has 0 heterocycles. The fourth-order valence-corrected chi connectivity index (χ4v) is 8.27.